The Morgan fingerprint density at radius 3 is 3.00 bits per heavy atom. The number of hydrogen-bond acceptors (Lipinski definition) is 3. The van der Waals surface area contributed by atoms with Crippen LogP contribution >= 0.6 is 0 Å². The Morgan fingerprint density at radius 1 is 1.30 bits per heavy atom. The zero-order chi connectivity index (χ0) is 13.9. The molecule has 4 heteroatoms. The first-order valence-corrected chi connectivity index (χ1v) is 6.92. The van der Waals surface area contributed by atoms with Gasteiger partial charge in [0.2, 0.25) is 0 Å². The Hall–Kier alpha value is -2.36. The Morgan fingerprint density at radius 2 is 2.20 bits per heavy atom. The molecule has 0 aliphatic carbocycles. The van der Waals surface area contributed by atoms with Crippen molar-refractivity contribution in [2.24, 2.45) is 0 Å². The summed E-state index contributed by atoms with van der Waals surface area (Å²) in [7, 11) is 0. The highest BCUT2D eigenvalue weighted by atomic mass is 15.1. The monoisotopic (exact) mass is 266 g/mol. The Labute approximate surface area is 118 Å². The second-order valence-electron chi connectivity index (χ2n) is 4.93. The maximum Gasteiger partial charge on any atom is 0.180 e. The normalized spacial score (nSPS) is 10.9. The van der Waals surface area contributed by atoms with E-state index in [1.54, 1.807) is 6.20 Å². The average molecular weight is 266 g/mol. The highest BCUT2D eigenvalue weighted by Gasteiger charge is 2.08. The molecular weight excluding hydrogens is 248 g/mol. The summed E-state index contributed by atoms with van der Waals surface area (Å²) in [5.41, 5.74) is 4.19. The van der Waals surface area contributed by atoms with Gasteiger partial charge in [0, 0.05) is 30.7 Å². The van der Waals surface area contributed by atoms with Crippen LogP contribution in [0.2, 0.25) is 0 Å². The summed E-state index contributed by atoms with van der Waals surface area (Å²) >= 11 is 0. The first kappa shape index (κ1) is 12.7. The molecule has 0 unspecified atom stereocenters. The zero-order valence-corrected chi connectivity index (χ0v) is 11.8. The van der Waals surface area contributed by atoms with Gasteiger partial charge in [0.25, 0.3) is 0 Å². The van der Waals surface area contributed by atoms with E-state index in [1.807, 2.05) is 16.8 Å². The van der Waals surface area contributed by atoms with Crippen LogP contribution in [0.1, 0.15) is 18.9 Å². The number of anilines is 1. The van der Waals surface area contributed by atoms with Gasteiger partial charge in [-0.15, -0.1) is 0 Å². The Bertz CT molecular complexity index is 730. The van der Waals surface area contributed by atoms with Crippen LogP contribution in [-0.2, 0) is 0 Å². The number of benzene rings is 1. The third-order valence-electron chi connectivity index (χ3n) is 3.23. The summed E-state index contributed by atoms with van der Waals surface area (Å²) in [4.78, 5) is 9.09. The van der Waals surface area contributed by atoms with Gasteiger partial charge in [-0.05, 0) is 19.4 Å². The van der Waals surface area contributed by atoms with Crippen molar-refractivity contribution < 1.29 is 0 Å². The predicted octanol–water partition coefficient (Wildman–Crippen LogP) is 3.53. The second kappa shape index (κ2) is 5.33. The molecule has 1 N–H and O–H groups in total. The molecule has 0 saturated heterocycles. The molecule has 102 valence electrons. The van der Waals surface area contributed by atoms with Crippen LogP contribution in [0, 0.1) is 6.92 Å². The van der Waals surface area contributed by atoms with E-state index < -0.39 is 0 Å². The van der Waals surface area contributed by atoms with E-state index in [-0.39, 0.29) is 0 Å². The van der Waals surface area contributed by atoms with Crippen molar-refractivity contribution in [1.82, 2.24) is 14.4 Å². The smallest absolute Gasteiger partial charge is 0.180 e. The van der Waals surface area contributed by atoms with Crippen molar-refractivity contribution in [2.75, 3.05) is 11.9 Å². The number of fused-ring (bicyclic) bond motifs is 1. The number of aromatic nitrogens is 3. The van der Waals surface area contributed by atoms with Crippen molar-refractivity contribution in [3.05, 3.63) is 48.4 Å². The first-order chi connectivity index (χ1) is 9.78. The van der Waals surface area contributed by atoms with Gasteiger partial charge in [-0.1, -0.05) is 30.7 Å². The van der Waals surface area contributed by atoms with Crippen molar-refractivity contribution >= 4 is 11.5 Å². The van der Waals surface area contributed by atoms with Crippen LogP contribution in [0.3, 0.4) is 0 Å². The van der Waals surface area contributed by atoms with Crippen LogP contribution in [-0.4, -0.2) is 20.9 Å². The lowest BCUT2D eigenvalue weighted by Gasteiger charge is -2.09. The summed E-state index contributed by atoms with van der Waals surface area (Å²) in [6, 6.07) is 8.38. The van der Waals surface area contributed by atoms with Crippen LogP contribution in [0.15, 0.2) is 42.9 Å². The number of nitrogens with one attached hydrogen (secondary N) is 1. The van der Waals surface area contributed by atoms with Gasteiger partial charge in [0.05, 0.1) is 5.69 Å². The fourth-order valence-corrected chi connectivity index (χ4v) is 2.24. The van der Waals surface area contributed by atoms with Crippen LogP contribution < -0.4 is 5.32 Å². The van der Waals surface area contributed by atoms with E-state index in [2.05, 4.69) is 48.4 Å². The van der Waals surface area contributed by atoms with Gasteiger partial charge in [0.1, 0.15) is 0 Å². The minimum Gasteiger partial charge on any atom is -0.367 e. The summed E-state index contributed by atoms with van der Waals surface area (Å²) in [6.07, 6.45) is 6.83. The molecule has 0 amide bonds. The zero-order valence-electron chi connectivity index (χ0n) is 11.8. The average Bonchev–Trinajstić information content (AvgIpc) is 2.93. The molecule has 0 spiro atoms. The molecule has 4 nitrogen and oxygen atoms in total. The third-order valence-corrected chi connectivity index (χ3v) is 3.23. The molecule has 0 aliphatic heterocycles. The van der Waals surface area contributed by atoms with Gasteiger partial charge >= 0.3 is 0 Å². The molecule has 3 aromatic rings. The van der Waals surface area contributed by atoms with E-state index in [1.165, 1.54) is 5.56 Å². The number of hydrogen-bond donors (Lipinski definition) is 1. The first-order valence-electron chi connectivity index (χ1n) is 6.92. The summed E-state index contributed by atoms with van der Waals surface area (Å²) in [6.45, 7) is 5.13. The summed E-state index contributed by atoms with van der Waals surface area (Å²) in [5, 5.41) is 3.35. The molecule has 0 fully saturated rings. The van der Waals surface area contributed by atoms with Crippen molar-refractivity contribution in [3.8, 4) is 11.3 Å². The lowest BCUT2D eigenvalue weighted by Crippen LogP contribution is -2.05. The van der Waals surface area contributed by atoms with Crippen molar-refractivity contribution in [3.63, 3.8) is 0 Å². The summed E-state index contributed by atoms with van der Waals surface area (Å²) in [5.74, 6) is 0.843. The molecular formula is C16H18N4. The molecule has 0 aliphatic rings. The molecule has 2 aromatic heterocycles. The standard InChI is InChI=1S/C16H18N4/c1-3-7-17-15-16-18-8-9-20(16)11-14(19-15)13-6-4-5-12(2)10-13/h4-6,8-11H,3,7H2,1-2H3,(H,17,19). The number of imidazole rings is 1. The minimum absolute atomic E-state index is 0.843. The topological polar surface area (TPSA) is 42.2 Å². The van der Waals surface area contributed by atoms with E-state index in [4.69, 9.17) is 4.98 Å². The number of rotatable bonds is 4. The van der Waals surface area contributed by atoms with E-state index in [9.17, 15) is 0 Å². The highest BCUT2D eigenvalue weighted by molar-refractivity contribution is 5.69. The lowest BCUT2D eigenvalue weighted by molar-refractivity contribution is 0.965. The van der Waals surface area contributed by atoms with Crippen LogP contribution in [0.5, 0.6) is 0 Å². The molecule has 1 aromatic carbocycles. The van der Waals surface area contributed by atoms with Crippen molar-refractivity contribution in [2.45, 2.75) is 20.3 Å². The van der Waals surface area contributed by atoms with Gasteiger partial charge in [-0.25, -0.2) is 9.97 Å². The fourth-order valence-electron chi connectivity index (χ4n) is 2.24. The van der Waals surface area contributed by atoms with Gasteiger partial charge in [0.15, 0.2) is 11.5 Å². The van der Waals surface area contributed by atoms with Gasteiger partial charge in [-0.2, -0.15) is 0 Å². The third kappa shape index (κ3) is 2.37. The van der Waals surface area contributed by atoms with Gasteiger partial charge < -0.3 is 9.72 Å². The highest BCUT2D eigenvalue weighted by Crippen LogP contribution is 2.22. The molecule has 0 bridgehead atoms. The molecule has 0 saturated carbocycles. The molecule has 3 rings (SSSR count). The van der Waals surface area contributed by atoms with Crippen LogP contribution in [0.25, 0.3) is 16.9 Å². The fraction of sp³-hybridized carbons (Fsp3) is 0.250. The molecule has 2 heterocycles. The second-order valence-corrected chi connectivity index (χ2v) is 4.93. The lowest BCUT2D eigenvalue weighted by atomic mass is 10.1. The van der Waals surface area contributed by atoms with Crippen LogP contribution in [0.4, 0.5) is 5.82 Å². The SMILES string of the molecule is CCCNc1nc(-c2cccc(C)c2)cn2ccnc12. The summed E-state index contributed by atoms with van der Waals surface area (Å²) < 4.78 is 2.02. The Balaban J connectivity index is 2.11. The molecule has 0 radical (unpaired) electrons. The van der Waals surface area contributed by atoms with E-state index in [0.29, 0.717) is 0 Å². The predicted molar refractivity (Wildman–Crippen MR) is 81.9 cm³/mol. The van der Waals surface area contributed by atoms with E-state index >= 15 is 0 Å². The van der Waals surface area contributed by atoms with E-state index in [0.717, 1.165) is 35.7 Å². The maximum absolute atomic E-state index is 4.73. The molecule has 20 heavy (non-hydrogen) atoms. The molecule has 0 atom stereocenters. The number of nitrogens with zero attached hydrogens (tertiary/aromatic N) is 3. The quantitative estimate of drug-likeness (QED) is 0.785. The minimum atomic E-state index is 0.843. The number of aryl methyl sites for hydroxylation is 1. The largest absolute Gasteiger partial charge is 0.367 e. The van der Waals surface area contributed by atoms with Gasteiger partial charge in [-0.3, -0.25) is 0 Å². The Kier molecular flexibility index (Phi) is 3.37. The van der Waals surface area contributed by atoms with Crippen molar-refractivity contribution in [1.29, 1.82) is 0 Å². The maximum atomic E-state index is 4.73.